The molecule has 74 valence electrons. The highest BCUT2D eigenvalue weighted by Crippen LogP contribution is 1.76. The highest BCUT2D eigenvalue weighted by atomic mass is 79.9. The molecule has 0 spiro atoms. The number of hydrogen-bond donors (Lipinski definition) is 0. The van der Waals surface area contributed by atoms with Crippen LogP contribution in [0.4, 0.5) is 0 Å². The lowest BCUT2D eigenvalue weighted by molar-refractivity contribution is 0.886. The van der Waals surface area contributed by atoms with E-state index in [1.54, 1.807) is 12.5 Å². The standard InChI is InChI=1S/C4H6N2.C4H10.2BrH/c1-6-3-2-5-4-6;1-3-4-2;;/h2-4H,1H3;3-4H2,1-2H3;2*1H. The van der Waals surface area contributed by atoms with E-state index in [1.165, 1.54) is 12.8 Å². The molecule has 1 aromatic heterocycles. The average molecular weight is 302 g/mol. The normalized spacial score (nSPS) is 6.92. The third-order valence-electron chi connectivity index (χ3n) is 1.14. The first-order valence-corrected chi connectivity index (χ1v) is 3.73. The third kappa shape index (κ3) is 12.8. The molecule has 0 aliphatic heterocycles. The van der Waals surface area contributed by atoms with Crippen LogP contribution in [0.3, 0.4) is 0 Å². The maximum Gasteiger partial charge on any atom is 0.0943 e. The lowest BCUT2D eigenvalue weighted by atomic mass is 10.4. The molecule has 12 heavy (non-hydrogen) atoms. The number of halogens is 2. The summed E-state index contributed by atoms with van der Waals surface area (Å²) in [6.07, 6.45) is 8.03. The van der Waals surface area contributed by atoms with Crippen molar-refractivity contribution < 1.29 is 0 Å². The first-order chi connectivity index (χ1) is 4.81. The molecule has 1 heterocycles. The summed E-state index contributed by atoms with van der Waals surface area (Å²) in [5, 5.41) is 0. The Hall–Kier alpha value is 0.170. The molecular weight excluding hydrogens is 284 g/mol. The SMILES string of the molecule is Br.Br.CCCC.Cn1ccnc1. The molecule has 0 saturated carbocycles. The van der Waals surface area contributed by atoms with Crippen molar-refractivity contribution in [2.24, 2.45) is 7.05 Å². The molecule has 0 N–H and O–H groups in total. The van der Waals surface area contributed by atoms with Crippen LogP contribution in [-0.2, 0) is 7.05 Å². The summed E-state index contributed by atoms with van der Waals surface area (Å²) >= 11 is 0. The Kier molecular flexibility index (Phi) is 20.7. The van der Waals surface area contributed by atoms with E-state index in [-0.39, 0.29) is 34.0 Å². The lowest BCUT2D eigenvalue weighted by Gasteiger charge is -1.76. The van der Waals surface area contributed by atoms with Crippen LogP contribution in [0.1, 0.15) is 26.7 Å². The minimum absolute atomic E-state index is 0. The van der Waals surface area contributed by atoms with Gasteiger partial charge in [0.1, 0.15) is 0 Å². The number of aromatic nitrogens is 2. The monoisotopic (exact) mass is 300 g/mol. The van der Waals surface area contributed by atoms with Crippen molar-refractivity contribution >= 4 is 34.0 Å². The second-order valence-electron chi connectivity index (χ2n) is 2.23. The van der Waals surface area contributed by atoms with Gasteiger partial charge in [0, 0.05) is 19.4 Å². The zero-order chi connectivity index (χ0) is 7.82. The van der Waals surface area contributed by atoms with E-state index >= 15 is 0 Å². The predicted molar refractivity (Wildman–Crippen MR) is 64.4 cm³/mol. The van der Waals surface area contributed by atoms with Gasteiger partial charge in [0.2, 0.25) is 0 Å². The maximum absolute atomic E-state index is 3.78. The minimum Gasteiger partial charge on any atom is -0.341 e. The Balaban J connectivity index is -0.000000124. The fourth-order valence-electron chi connectivity index (χ4n) is 0.326. The van der Waals surface area contributed by atoms with Gasteiger partial charge in [0.25, 0.3) is 0 Å². The number of unbranched alkanes of at least 4 members (excludes halogenated alkanes) is 1. The number of hydrogen-bond acceptors (Lipinski definition) is 1. The molecule has 0 radical (unpaired) electrons. The minimum atomic E-state index is 0. The van der Waals surface area contributed by atoms with Gasteiger partial charge in [-0.05, 0) is 0 Å². The van der Waals surface area contributed by atoms with Crippen LogP contribution < -0.4 is 0 Å². The Morgan fingerprint density at radius 3 is 1.75 bits per heavy atom. The van der Waals surface area contributed by atoms with E-state index in [2.05, 4.69) is 18.8 Å². The van der Waals surface area contributed by atoms with Crippen LogP contribution in [0.5, 0.6) is 0 Å². The second kappa shape index (κ2) is 13.7. The van der Waals surface area contributed by atoms with Crippen molar-refractivity contribution in [3.63, 3.8) is 0 Å². The number of imidazole rings is 1. The van der Waals surface area contributed by atoms with Crippen molar-refractivity contribution in [1.29, 1.82) is 0 Å². The van der Waals surface area contributed by atoms with Gasteiger partial charge in [-0.3, -0.25) is 0 Å². The molecule has 0 atom stereocenters. The molecule has 4 heteroatoms. The fraction of sp³-hybridized carbons (Fsp3) is 0.625. The molecule has 0 aromatic carbocycles. The first-order valence-electron chi connectivity index (χ1n) is 3.73. The smallest absolute Gasteiger partial charge is 0.0943 e. The van der Waals surface area contributed by atoms with Gasteiger partial charge in [-0.25, -0.2) is 4.98 Å². The summed E-state index contributed by atoms with van der Waals surface area (Å²) in [5.74, 6) is 0. The van der Waals surface area contributed by atoms with Crippen LogP contribution in [0.15, 0.2) is 18.7 Å². The largest absolute Gasteiger partial charge is 0.341 e. The van der Waals surface area contributed by atoms with Crippen molar-refractivity contribution in [2.45, 2.75) is 26.7 Å². The van der Waals surface area contributed by atoms with E-state index < -0.39 is 0 Å². The Labute approximate surface area is 95.9 Å². The highest BCUT2D eigenvalue weighted by molar-refractivity contribution is 8.93. The summed E-state index contributed by atoms with van der Waals surface area (Å²) < 4.78 is 1.89. The van der Waals surface area contributed by atoms with Gasteiger partial charge >= 0.3 is 0 Å². The zero-order valence-electron chi connectivity index (χ0n) is 7.86. The number of nitrogens with zero attached hydrogens (tertiary/aromatic N) is 2. The molecule has 0 amide bonds. The maximum atomic E-state index is 3.78. The summed E-state index contributed by atoms with van der Waals surface area (Å²) in [4.78, 5) is 3.78. The van der Waals surface area contributed by atoms with Gasteiger partial charge in [-0.2, -0.15) is 0 Å². The van der Waals surface area contributed by atoms with E-state index in [4.69, 9.17) is 0 Å². The molecule has 0 unspecified atom stereocenters. The van der Waals surface area contributed by atoms with Gasteiger partial charge in [0.15, 0.2) is 0 Å². The molecule has 1 rings (SSSR count). The zero-order valence-corrected chi connectivity index (χ0v) is 11.3. The first kappa shape index (κ1) is 18.1. The molecule has 1 aromatic rings. The Bertz CT molecular complexity index is 139. The molecule has 0 aliphatic carbocycles. The fourth-order valence-corrected chi connectivity index (χ4v) is 0.326. The van der Waals surface area contributed by atoms with E-state index in [9.17, 15) is 0 Å². The van der Waals surface area contributed by atoms with E-state index in [0.717, 1.165) is 0 Å². The van der Waals surface area contributed by atoms with Crippen LogP contribution in [0.25, 0.3) is 0 Å². The molecule has 0 bridgehead atoms. The average Bonchev–Trinajstić information content (AvgIpc) is 2.40. The van der Waals surface area contributed by atoms with Crippen molar-refractivity contribution in [2.75, 3.05) is 0 Å². The molecule has 0 aliphatic rings. The molecular formula is C8H18Br2N2. The second-order valence-corrected chi connectivity index (χ2v) is 2.23. The molecule has 0 saturated heterocycles. The summed E-state index contributed by atoms with van der Waals surface area (Å²) in [6.45, 7) is 4.36. The van der Waals surface area contributed by atoms with Crippen LogP contribution in [-0.4, -0.2) is 9.55 Å². The van der Waals surface area contributed by atoms with Gasteiger partial charge in [-0.15, -0.1) is 34.0 Å². The van der Waals surface area contributed by atoms with Crippen LogP contribution in [0, 0.1) is 0 Å². The highest BCUT2D eigenvalue weighted by Gasteiger charge is 1.69. The summed E-state index contributed by atoms with van der Waals surface area (Å²) in [6, 6.07) is 0. The Morgan fingerprint density at radius 2 is 1.67 bits per heavy atom. The molecule has 0 fully saturated rings. The van der Waals surface area contributed by atoms with Gasteiger partial charge in [-0.1, -0.05) is 26.7 Å². The van der Waals surface area contributed by atoms with Gasteiger partial charge in [0.05, 0.1) is 6.33 Å². The van der Waals surface area contributed by atoms with Crippen LogP contribution in [0.2, 0.25) is 0 Å². The Morgan fingerprint density at radius 1 is 1.17 bits per heavy atom. The quantitative estimate of drug-likeness (QED) is 0.777. The summed E-state index contributed by atoms with van der Waals surface area (Å²) in [5.41, 5.74) is 0. The van der Waals surface area contributed by atoms with Crippen molar-refractivity contribution in [3.8, 4) is 0 Å². The topological polar surface area (TPSA) is 17.8 Å². The number of aryl methyl sites for hydroxylation is 1. The predicted octanol–water partition coefficient (Wildman–Crippen LogP) is 3.38. The third-order valence-corrected chi connectivity index (χ3v) is 1.14. The van der Waals surface area contributed by atoms with Crippen molar-refractivity contribution in [1.82, 2.24) is 9.55 Å². The van der Waals surface area contributed by atoms with Crippen LogP contribution >= 0.6 is 34.0 Å². The van der Waals surface area contributed by atoms with E-state index in [0.29, 0.717) is 0 Å². The van der Waals surface area contributed by atoms with E-state index in [1.807, 2.05) is 17.8 Å². The number of rotatable bonds is 1. The van der Waals surface area contributed by atoms with Gasteiger partial charge < -0.3 is 4.57 Å². The lowest BCUT2D eigenvalue weighted by Crippen LogP contribution is -1.76. The van der Waals surface area contributed by atoms with Crippen molar-refractivity contribution in [3.05, 3.63) is 18.7 Å². The summed E-state index contributed by atoms with van der Waals surface area (Å²) in [7, 11) is 1.94. The molecule has 2 nitrogen and oxygen atoms in total.